The van der Waals surface area contributed by atoms with Gasteiger partial charge in [0.05, 0.1) is 25.9 Å². The van der Waals surface area contributed by atoms with Crippen LogP contribution in [0.25, 0.3) is 0 Å². The van der Waals surface area contributed by atoms with Gasteiger partial charge in [-0.1, -0.05) is 13.3 Å². The zero-order chi connectivity index (χ0) is 23.8. The summed E-state index contributed by atoms with van der Waals surface area (Å²) in [5.41, 5.74) is 0.814. The molecule has 9 nitrogen and oxygen atoms in total. The number of esters is 1. The molecule has 3 rings (SSSR count). The summed E-state index contributed by atoms with van der Waals surface area (Å²) in [4.78, 5) is 49.7. The SMILES string of the molecule is CCC1CCN(CC2CCCN2C(=O)Cc2cnc[nH]2)[C@@H]1C(=O)N[C@@H](CCSC)C(=O)OC. The van der Waals surface area contributed by atoms with Crippen LogP contribution in [0.4, 0.5) is 0 Å². The minimum absolute atomic E-state index is 0.0943. The zero-order valence-electron chi connectivity index (χ0n) is 19.9. The second-order valence-corrected chi connectivity index (χ2v) is 9.88. The van der Waals surface area contributed by atoms with E-state index in [4.69, 9.17) is 4.74 Å². The van der Waals surface area contributed by atoms with E-state index in [0.29, 0.717) is 19.4 Å². The fraction of sp³-hybridized carbons (Fsp3) is 0.739. The molecule has 0 saturated carbocycles. The highest BCUT2D eigenvalue weighted by Gasteiger charge is 2.42. The second kappa shape index (κ2) is 12.4. The van der Waals surface area contributed by atoms with Gasteiger partial charge in [-0.3, -0.25) is 14.5 Å². The van der Waals surface area contributed by atoms with E-state index < -0.39 is 12.0 Å². The van der Waals surface area contributed by atoms with Crippen molar-refractivity contribution >= 4 is 29.5 Å². The van der Waals surface area contributed by atoms with Crippen molar-refractivity contribution < 1.29 is 19.1 Å². The molecule has 2 saturated heterocycles. The predicted octanol–water partition coefficient (Wildman–Crippen LogP) is 1.45. The molecule has 0 aliphatic carbocycles. The first kappa shape index (κ1) is 25.6. The van der Waals surface area contributed by atoms with Crippen LogP contribution in [-0.2, 0) is 25.5 Å². The molecule has 1 aromatic heterocycles. The molecule has 2 aliphatic heterocycles. The van der Waals surface area contributed by atoms with Gasteiger partial charge < -0.3 is 19.9 Å². The average molecular weight is 480 g/mol. The lowest BCUT2D eigenvalue weighted by atomic mass is 9.96. The summed E-state index contributed by atoms with van der Waals surface area (Å²) in [7, 11) is 1.35. The van der Waals surface area contributed by atoms with Gasteiger partial charge >= 0.3 is 5.97 Å². The number of methoxy groups -OCH3 is 1. The molecule has 0 radical (unpaired) electrons. The molecule has 0 aromatic carbocycles. The topological polar surface area (TPSA) is 108 Å². The first-order valence-corrected chi connectivity index (χ1v) is 13.3. The van der Waals surface area contributed by atoms with E-state index in [0.717, 1.165) is 50.2 Å². The number of rotatable bonds is 11. The van der Waals surface area contributed by atoms with Crippen LogP contribution in [-0.4, -0.2) is 94.4 Å². The van der Waals surface area contributed by atoms with Crippen molar-refractivity contribution in [1.82, 2.24) is 25.1 Å². The Morgan fingerprint density at radius 3 is 2.82 bits per heavy atom. The van der Waals surface area contributed by atoms with Crippen LogP contribution in [0.5, 0.6) is 0 Å². The molecule has 0 bridgehead atoms. The number of amides is 2. The van der Waals surface area contributed by atoms with Crippen molar-refractivity contribution in [2.45, 2.75) is 63.6 Å². The third kappa shape index (κ3) is 6.50. The molecule has 33 heavy (non-hydrogen) atoms. The first-order chi connectivity index (χ1) is 16.0. The van der Waals surface area contributed by atoms with Gasteiger partial charge in [0.2, 0.25) is 11.8 Å². The summed E-state index contributed by atoms with van der Waals surface area (Å²) in [5.74, 6) is 0.586. The van der Waals surface area contributed by atoms with E-state index in [1.54, 1.807) is 24.3 Å². The van der Waals surface area contributed by atoms with E-state index in [1.165, 1.54) is 7.11 Å². The van der Waals surface area contributed by atoms with Crippen molar-refractivity contribution in [2.75, 3.05) is 38.8 Å². The van der Waals surface area contributed by atoms with Gasteiger partial charge in [0.25, 0.3) is 0 Å². The van der Waals surface area contributed by atoms with Gasteiger partial charge in [0, 0.05) is 31.0 Å². The van der Waals surface area contributed by atoms with Crippen LogP contribution in [0.3, 0.4) is 0 Å². The van der Waals surface area contributed by atoms with E-state index in [9.17, 15) is 14.4 Å². The molecule has 1 aromatic rings. The number of aromatic amines is 1. The number of thioether (sulfide) groups is 1. The normalized spacial score (nSPS) is 24.1. The van der Waals surface area contributed by atoms with Crippen LogP contribution in [0.1, 0.15) is 44.7 Å². The molecular weight excluding hydrogens is 442 g/mol. The van der Waals surface area contributed by atoms with Crippen molar-refractivity contribution in [3.63, 3.8) is 0 Å². The van der Waals surface area contributed by atoms with Gasteiger partial charge in [-0.05, 0) is 50.2 Å². The number of H-pyrrole nitrogens is 1. The van der Waals surface area contributed by atoms with E-state index in [2.05, 4.69) is 27.1 Å². The van der Waals surface area contributed by atoms with E-state index in [-0.39, 0.29) is 29.8 Å². The van der Waals surface area contributed by atoms with Crippen LogP contribution in [0.15, 0.2) is 12.5 Å². The molecule has 184 valence electrons. The molecule has 2 unspecified atom stereocenters. The number of hydrogen-bond donors (Lipinski definition) is 2. The smallest absolute Gasteiger partial charge is 0.328 e. The number of carbonyl (C=O) groups is 3. The molecule has 10 heteroatoms. The number of carbonyl (C=O) groups excluding carboxylic acids is 3. The van der Waals surface area contributed by atoms with Gasteiger partial charge in [0.15, 0.2) is 0 Å². The summed E-state index contributed by atoms with van der Waals surface area (Å²) in [6.45, 7) is 4.36. The summed E-state index contributed by atoms with van der Waals surface area (Å²) in [5, 5.41) is 2.97. The van der Waals surface area contributed by atoms with Gasteiger partial charge in [-0.25, -0.2) is 9.78 Å². The number of ether oxygens (including phenoxy) is 1. The van der Waals surface area contributed by atoms with E-state index in [1.807, 2.05) is 11.2 Å². The number of hydrogen-bond acceptors (Lipinski definition) is 7. The molecule has 2 aliphatic rings. The monoisotopic (exact) mass is 479 g/mol. The van der Waals surface area contributed by atoms with Crippen LogP contribution in [0, 0.1) is 5.92 Å². The third-order valence-electron chi connectivity index (χ3n) is 6.87. The number of aromatic nitrogens is 2. The Bertz CT molecular complexity index is 790. The maximum atomic E-state index is 13.4. The average Bonchev–Trinajstić information content (AvgIpc) is 3.57. The summed E-state index contributed by atoms with van der Waals surface area (Å²) >= 11 is 1.63. The van der Waals surface area contributed by atoms with Crippen LogP contribution < -0.4 is 5.32 Å². The molecule has 2 N–H and O–H groups in total. The van der Waals surface area contributed by atoms with Gasteiger partial charge in [0.1, 0.15) is 6.04 Å². The highest BCUT2D eigenvalue weighted by molar-refractivity contribution is 7.98. The first-order valence-electron chi connectivity index (χ1n) is 11.9. The van der Waals surface area contributed by atoms with Crippen LogP contribution >= 0.6 is 11.8 Å². The number of nitrogens with one attached hydrogen (secondary N) is 2. The van der Waals surface area contributed by atoms with Crippen molar-refractivity contribution in [2.24, 2.45) is 5.92 Å². The number of likely N-dealkylation sites (tertiary alicyclic amines) is 2. The number of imidazole rings is 1. The fourth-order valence-corrected chi connectivity index (χ4v) is 5.56. The van der Waals surface area contributed by atoms with Crippen molar-refractivity contribution in [3.8, 4) is 0 Å². The highest BCUT2D eigenvalue weighted by Crippen LogP contribution is 2.30. The molecule has 3 heterocycles. The third-order valence-corrected chi connectivity index (χ3v) is 7.52. The standard InChI is InChI=1S/C23H37N5O4S/c1-4-16-7-10-27(21(16)22(30)26-19(8-11-33-3)23(31)32-2)14-18-6-5-9-28(18)20(29)12-17-13-24-15-25-17/h13,15-16,18-19,21H,4-12,14H2,1-3H3,(H,24,25)(H,26,30)/t16?,18?,19-,21-/m0/s1. The van der Waals surface area contributed by atoms with Gasteiger partial charge in [-0.2, -0.15) is 11.8 Å². The van der Waals surface area contributed by atoms with Crippen LogP contribution in [0.2, 0.25) is 0 Å². The fourth-order valence-electron chi connectivity index (χ4n) is 5.09. The Morgan fingerprint density at radius 2 is 2.15 bits per heavy atom. The Labute approximate surface area is 200 Å². The minimum Gasteiger partial charge on any atom is -0.467 e. The lowest BCUT2D eigenvalue weighted by Gasteiger charge is -2.33. The highest BCUT2D eigenvalue weighted by atomic mass is 32.2. The molecule has 4 atom stereocenters. The lowest BCUT2D eigenvalue weighted by molar-refractivity contribution is -0.146. The molecule has 0 spiro atoms. The molecular formula is C23H37N5O4S. The Morgan fingerprint density at radius 1 is 1.33 bits per heavy atom. The summed E-state index contributed by atoms with van der Waals surface area (Å²) < 4.78 is 4.92. The second-order valence-electron chi connectivity index (χ2n) is 8.90. The quantitative estimate of drug-likeness (QED) is 0.463. The van der Waals surface area contributed by atoms with Gasteiger partial charge in [-0.15, -0.1) is 0 Å². The van der Waals surface area contributed by atoms with Crippen molar-refractivity contribution in [1.29, 1.82) is 0 Å². The Hall–Kier alpha value is -2.07. The van der Waals surface area contributed by atoms with Crippen molar-refractivity contribution in [3.05, 3.63) is 18.2 Å². The molecule has 2 amide bonds. The maximum absolute atomic E-state index is 13.4. The molecule has 2 fully saturated rings. The maximum Gasteiger partial charge on any atom is 0.328 e. The largest absolute Gasteiger partial charge is 0.467 e. The van der Waals surface area contributed by atoms with E-state index >= 15 is 0 Å². The minimum atomic E-state index is -0.631. The Balaban J connectivity index is 1.66. The summed E-state index contributed by atoms with van der Waals surface area (Å²) in [6.07, 6.45) is 9.86. The Kier molecular flexibility index (Phi) is 9.61. The predicted molar refractivity (Wildman–Crippen MR) is 128 cm³/mol. The zero-order valence-corrected chi connectivity index (χ0v) is 20.7. The summed E-state index contributed by atoms with van der Waals surface area (Å²) in [6, 6.07) is -0.824. The number of nitrogens with zero attached hydrogens (tertiary/aromatic N) is 3. The lowest BCUT2D eigenvalue weighted by Crippen LogP contribution is -2.54.